The zero-order chi connectivity index (χ0) is 11.4. The van der Waals surface area contributed by atoms with Crippen molar-refractivity contribution in [3.63, 3.8) is 0 Å². The number of thiol groups is 1. The van der Waals surface area contributed by atoms with Gasteiger partial charge in [0, 0.05) is 0 Å². The zero-order valence-corrected chi connectivity index (χ0v) is 12.9. The van der Waals surface area contributed by atoms with Gasteiger partial charge in [0.05, 0.1) is 0 Å². The Balaban J connectivity index is 2.25. The van der Waals surface area contributed by atoms with Gasteiger partial charge < -0.3 is 0 Å². The molecule has 0 saturated heterocycles. The Morgan fingerprint density at radius 3 is 1.94 bits per heavy atom. The first-order chi connectivity index (χ1) is 7.68. The molecule has 0 fully saturated rings. The molecule has 0 aliphatic carbocycles. The third-order valence-corrected chi connectivity index (χ3v) is 13.5. The molecule has 0 amide bonds. The minimum absolute atomic E-state index is 1.21. The van der Waals surface area contributed by atoms with Gasteiger partial charge in [0.1, 0.15) is 0 Å². The fourth-order valence-electron chi connectivity index (χ4n) is 1.29. The molecule has 2 aromatic rings. The van der Waals surface area contributed by atoms with Crippen molar-refractivity contribution in [1.82, 2.24) is 0 Å². The van der Waals surface area contributed by atoms with Crippen molar-refractivity contribution in [2.75, 3.05) is 0 Å². The molecule has 2 rings (SSSR count). The van der Waals surface area contributed by atoms with E-state index in [0.717, 1.165) is 0 Å². The Bertz CT molecular complexity index is 496. The summed E-state index contributed by atoms with van der Waals surface area (Å²) < 4.78 is 1.22. The van der Waals surface area contributed by atoms with Crippen LogP contribution in [0.25, 0.3) is 0 Å². The molecule has 1 unspecified atom stereocenters. The average molecular weight is 326 g/mol. The molecule has 0 aromatic heterocycles. The summed E-state index contributed by atoms with van der Waals surface area (Å²) in [6.07, 6.45) is 0. The fourth-order valence-corrected chi connectivity index (χ4v) is 11.1. The van der Waals surface area contributed by atoms with E-state index in [1.807, 2.05) is 36.4 Å². The van der Waals surface area contributed by atoms with Crippen LogP contribution in [-0.2, 0) is 0 Å². The Kier molecular flexibility index (Phi) is 4.26. The molecular weight excluding hydrogens is 315 g/mol. The first kappa shape index (κ1) is 12.4. The summed E-state index contributed by atoms with van der Waals surface area (Å²) >= 11 is 0. The molecule has 0 bridgehead atoms. The van der Waals surface area contributed by atoms with Crippen LogP contribution in [0.4, 0.5) is 0 Å². The van der Waals surface area contributed by atoms with Crippen molar-refractivity contribution in [3.05, 3.63) is 60.7 Å². The van der Waals surface area contributed by atoms with E-state index >= 15 is 0 Å². The van der Waals surface area contributed by atoms with E-state index in [1.165, 1.54) is 9.25 Å². The molecule has 0 N–H and O–H groups in total. The average Bonchev–Trinajstić information content (AvgIpc) is 2.31. The molecule has 0 aliphatic rings. The van der Waals surface area contributed by atoms with Crippen molar-refractivity contribution in [3.8, 4) is 0 Å². The molecule has 1 atom stereocenters. The van der Waals surface area contributed by atoms with E-state index < -0.39 is 9.56 Å². The van der Waals surface area contributed by atoms with Crippen LogP contribution < -0.4 is 4.35 Å². The van der Waals surface area contributed by atoms with Gasteiger partial charge in [0.2, 0.25) is 0 Å². The Morgan fingerprint density at radius 2 is 1.38 bits per heavy atom. The summed E-state index contributed by atoms with van der Waals surface area (Å²) in [5.41, 5.74) is 0. The number of rotatable bonds is 3. The van der Waals surface area contributed by atoms with Gasteiger partial charge in [0.25, 0.3) is 0 Å². The Morgan fingerprint density at radius 1 is 0.875 bits per heavy atom. The third-order valence-electron chi connectivity index (χ3n) is 2.05. The van der Waals surface area contributed by atoms with Crippen LogP contribution in [0.1, 0.15) is 0 Å². The van der Waals surface area contributed by atoms with E-state index in [9.17, 15) is 0 Å². The van der Waals surface area contributed by atoms with Crippen molar-refractivity contribution >= 4 is 45.2 Å². The van der Waals surface area contributed by atoms with E-state index in [2.05, 4.69) is 24.3 Å². The quantitative estimate of drug-likeness (QED) is 0.674. The third kappa shape index (κ3) is 3.21. The number of benzene rings is 2. The van der Waals surface area contributed by atoms with E-state index in [1.54, 1.807) is 10.0 Å². The van der Waals surface area contributed by atoms with Gasteiger partial charge in [-0.05, 0) is 0 Å². The van der Waals surface area contributed by atoms with Crippen molar-refractivity contribution in [2.24, 2.45) is 0 Å². The summed E-state index contributed by atoms with van der Waals surface area (Å²) in [5.74, 6) is 0. The Hall–Kier alpha value is -0.0816. The molecule has 2 aromatic carbocycles. The molecule has 0 saturated carbocycles. The van der Waals surface area contributed by atoms with Crippen LogP contribution in [0.3, 0.4) is 0 Å². The second kappa shape index (κ2) is 5.50. The summed E-state index contributed by atoms with van der Waals surface area (Å²) in [7, 11) is 9.69. The van der Waals surface area contributed by atoms with Gasteiger partial charge in [-0.15, -0.1) is 0 Å². The zero-order valence-electron chi connectivity index (χ0n) is 8.48. The SMILES string of the molecule is S=[As](S)(Sc1ccccc1)c1ccccc1. The topological polar surface area (TPSA) is 0 Å². The normalized spacial score (nSPS) is 14.3. The molecule has 16 heavy (non-hydrogen) atoms. The van der Waals surface area contributed by atoms with Crippen LogP contribution in [0.2, 0.25) is 0 Å². The first-order valence-electron chi connectivity index (χ1n) is 4.81. The van der Waals surface area contributed by atoms with E-state index in [-0.39, 0.29) is 0 Å². The standard InChI is InChI=1S/C12H11AsS3/c14-13(15,11-7-3-1-4-8-11)16-12-9-5-2-6-10-12/h1-10H,(H,14,15). The van der Waals surface area contributed by atoms with E-state index in [0.29, 0.717) is 0 Å². The van der Waals surface area contributed by atoms with Crippen molar-refractivity contribution in [2.45, 2.75) is 4.90 Å². The molecule has 82 valence electrons. The van der Waals surface area contributed by atoms with Gasteiger partial charge >= 0.3 is 111 Å². The molecule has 0 spiro atoms. The summed E-state index contributed by atoms with van der Waals surface area (Å²) in [6.45, 7) is 0. The number of hydrogen-bond acceptors (Lipinski definition) is 2. The van der Waals surface area contributed by atoms with Crippen LogP contribution in [0.5, 0.6) is 0 Å². The van der Waals surface area contributed by atoms with Gasteiger partial charge in [-0.2, -0.15) is 0 Å². The second-order valence-corrected chi connectivity index (χ2v) is 21.2. The monoisotopic (exact) mass is 326 g/mol. The predicted molar refractivity (Wildman–Crippen MR) is 80.7 cm³/mol. The van der Waals surface area contributed by atoms with Gasteiger partial charge in [0.15, 0.2) is 0 Å². The van der Waals surface area contributed by atoms with Gasteiger partial charge in [-0.3, -0.25) is 0 Å². The molecule has 0 radical (unpaired) electrons. The van der Waals surface area contributed by atoms with Crippen LogP contribution in [-0.4, -0.2) is 9.56 Å². The van der Waals surface area contributed by atoms with E-state index in [4.69, 9.17) is 21.3 Å². The summed E-state index contributed by atoms with van der Waals surface area (Å²) in [4.78, 5) is 1.21. The fraction of sp³-hybridized carbons (Fsp3) is 0. The minimum atomic E-state index is -2.49. The van der Waals surface area contributed by atoms with Crippen LogP contribution in [0.15, 0.2) is 65.6 Å². The second-order valence-electron chi connectivity index (χ2n) is 3.26. The van der Waals surface area contributed by atoms with Crippen LogP contribution in [0, 0.1) is 0 Å². The van der Waals surface area contributed by atoms with Gasteiger partial charge in [-0.25, -0.2) is 0 Å². The maximum atomic E-state index is 5.69. The molecule has 0 nitrogen and oxygen atoms in total. The molecule has 0 aliphatic heterocycles. The number of hydrogen-bond donors (Lipinski definition) is 1. The summed E-state index contributed by atoms with van der Waals surface area (Å²) in [6, 6.07) is 20.5. The molecule has 4 heteroatoms. The summed E-state index contributed by atoms with van der Waals surface area (Å²) in [5, 5.41) is 0. The van der Waals surface area contributed by atoms with Crippen molar-refractivity contribution < 1.29 is 0 Å². The van der Waals surface area contributed by atoms with Crippen LogP contribution >= 0.6 is 31.3 Å². The van der Waals surface area contributed by atoms with Gasteiger partial charge in [-0.1, -0.05) is 0 Å². The predicted octanol–water partition coefficient (Wildman–Crippen LogP) is 3.75. The first-order valence-corrected chi connectivity index (χ1v) is 14.4. The Labute approximate surface area is 110 Å². The maximum absolute atomic E-state index is 5.69. The molecule has 0 heterocycles. The molecular formula is C12H11AsS3. The van der Waals surface area contributed by atoms with Crippen molar-refractivity contribution in [1.29, 1.82) is 0 Å².